The molecule has 43 heavy (non-hydrogen) atoms. The summed E-state index contributed by atoms with van der Waals surface area (Å²) >= 11 is 10.3. The van der Waals surface area contributed by atoms with Crippen molar-refractivity contribution in [3.63, 3.8) is 0 Å². The predicted molar refractivity (Wildman–Crippen MR) is 171 cm³/mol. The normalized spacial score (nSPS) is 28.1. The smallest absolute Gasteiger partial charge is 0.253 e. The van der Waals surface area contributed by atoms with Crippen molar-refractivity contribution in [2.45, 2.75) is 48.9 Å². The molecule has 228 valence electrons. The number of hydrogen-bond acceptors (Lipinski definition) is 5. The fourth-order valence-corrected chi connectivity index (χ4v) is 8.28. The van der Waals surface area contributed by atoms with Crippen LogP contribution in [0.1, 0.15) is 20.3 Å². The first-order valence-electron chi connectivity index (χ1n) is 14.5. The van der Waals surface area contributed by atoms with Crippen LogP contribution in [0.15, 0.2) is 79.9 Å². The van der Waals surface area contributed by atoms with Gasteiger partial charge in [0.15, 0.2) is 0 Å². The highest BCUT2D eigenvalue weighted by molar-refractivity contribution is 9.09. The summed E-state index contributed by atoms with van der Waals surface area (Å²) in [4.78, 5) is 48.2. The first-order chi connectivity index (χ1) is 20.6. The van der Waals surface area contributed by atoms with Crippen molar-refractivity contribution in [2.24, 2.45) is 17.8 Å². The van der Waals surface area contributed by atoms with Gasteiger partial charge in [-0.05, 0) is 36.6 Å². The number of halogens is 2. The molecule has 2 aromatic rings. The number of fused-ring (bicyclic) bond motifs is 1. The van der Waals surface area contributed by atoms with Crippen LogP contribution in [0.25, 0.3) is 0 Å². The van der Waals surface area contributed by atoms with Gasteiger partial charge in [-0.3, -0.25) is 14.4 Å². The number of para-hydroxylation sites is 2. The maximum atomic E-state index is 14.8. The summed E-state index contributed by atoms with van der Waals surface area (Å²) in [5.74, 6) is -3.00. The molecule has 3 unspecified atom stereocenters. The van der Waals surface area contributed by atoms with Gasteiger partial charge in [-0.15, -0.1) is 13.2 Å². The number of alkyl halides is 1. The second kappa shape index (κ2) is 12.6. The maximum absolute atomic E-state index is 14.8. The molecule has 10 heteroatoms. The van der Waals surface area contributed by atoms with E-state index in [-0.39, 0.29) is 42.3 Å². The minimum Gasteiger partial charge on any atom is -0.394 e. The number of carbonyl (C=O) groups is 3. The summed E-state index contributed by atoms with van der Waals surface area (Å²) in [7, 11) is 0. The third-order valence-corrected chi connectivity index (χ3v) is 10.1. The van der Waals surface area contributed by atoms with Gasteiger partial charge in [0.25, 0.3) is 5.91 Å². The molecule has 0 aromatic heterocycles. The highest BCUT2D eigenvalue weighted by Gasteiger charge is 2.77. The van der Waals surface area contributed by atoms with Crippen molar-refractivity contribution in [1.29, 1.82) is 0 Å². The second-order valence-corrected chi connectivity index (χ2v) is 13.2. The second-order valence-electron chi connectivity index (χ2n) is 11.7. The van der Waals surface area contributed by atoms with Crippen LogP contribution in [0.3, 0.4) is 0 Å². The number of benzene rings is 2. The third-order valence-electron chi connectivity index (χ3n) is 8.93. The lowest BCUT2D eigenvalue weighted by atomic mass is 9.70. The Morgan fingerprint density at radius 1 is 1.09 bits per heavy atom. The molecule has 3 amide bonds. The van der Waals surface area contributed by atoms with Crippen LogP contribution in [-0.2, 0) is 19.1 Å². The summed E-state index contributed by atoms with van der Waals surface area (Å²) in [6, 6.07) is 14.5. The molecule has 3 aliphatic rings. The molecule has 0 aliphatic carbocycles. The Morgan fingerprint density at radius 3 is 2.33 bits per heavy atom. The molecule has 5 rings (SSSR count). The van der Waals surface area contributed by atoms with Crippen molar-refractivity contribution in [3.8, 4) is 0 Å². The summed E-state index contributed by atoms with van der Waals surface area (Å²) in [6.07, 6.45) is 2.96. The average Bonchev–Trinajstić information content (AvgIpc) is 3.58. The number of anilines is 2. The molecule has 3 heterocycles. The summed E-state index contributed by atoms with van der Waals surface area (Å²) in [5.41, 5.74) is -0.146. The molecule has 1 N–H and O–H groups in total. The standard InChI is InChI=1S/C33H37BrClN3O5/c1-5-16-36(21-12-8-7-9-13-21)30(40)26-27-31(41)38(25(19-39)20(3)4)29(33(27)18-22(34)28(26)43-33)32(42)37(17-6-2)24-15-11-10-14-23(24)35/h5-15,20,22,25-29,39H,1-2,16-19H2,3-4H3/t22?,25-,26-,27-,28-,29?,33?/m0/s1. The van der Waals surface area contributed by atoms with E-state index < -0.39 is 41.5 Å². The molecular formula is C33H37BrClN3O5. The zero-order valence-electron chi connectivity index (χ0n) is 24.3. The van der Waals surface area contributed by atoms with E-state index in [0.717, 1.165) is 0 Å². The SMILES string of the molecule is C=CCN(C(=O)[C@H]1[C@H]2C(=O)N([C@@H](CO)C(C)C)C(C(=O)N(CC=C)c3ccccc3Cl)C23CC(Br)[C@@H]1O3)c1ccccc1. The van der Waals surface area contributed by atoms with E-state index in [2.05, 4.69) is 29.1 Å². The number of carbonyl (C=O) groups excluding carboxylic acids is 3. The number of aliphatic hydroxyl groups is 1. The quantitative estimate of drug-likeness (QED) is 0.273. The van der Waals surface area contributed by atoms with Crippen molar-refractivity contribution in [2.75, 3.05) is 29.5 Å². The summed E-state index contributed by atoms with van der Waals surface area (Å²) in [6.45, 7) is 11.5. The Labute approximate surface area is 266 Å². The van der Waals surface area contributed by atoms with Crippen LogP contribution < -0.4 is 9.80 Å². The van der Waals surface area contributed by atoms with Gasteiger partial charge in [-0.1, -0.05) is 83.9 Å². The van der Waals surface area contributed by atoms with E-state index in [1.165, 1.54) is 9.80 Å². The molecule has 2 aromatic carbocycles. The summed E-state index contributed by atoms with van der Waals surface area (Å²) < 4.78 is 6.73. The number of aliphatic hydroxyl groups excluding tert-OH is 1. The minimum absolute atomic E-state index is 0.137. The molecule has 7 atom stereocenters. The predicted octanol–water partition coefficient (Wildman–Crippen LogP) is 4.84. The lowest BCUT2D eigenvalue weighted by Gasteiger charge is -2.40. The van der Waals surface area contributed by atoms with Crippen LogP contribution in [-0.4, -0.2) is 76.0 Å². The maximum Gasteiger partial charge on any atom is 0.253 e. The number of rotatable bonds is 11. The van der Waals surface area contributed by atoms with Gasteiger partial charge in [-0.25, -0.2) is 0 Å². The van der Waals surface area contributed by atoms with Crippen molar-refractivity contribution in [1.82, 2.24) is 4.90 Å². The van der Waals surface area contributed by atoms with Gasteiger partial charge >= 0.3 is 0 Å². The Bertz CT molecular complexity index is 1410. The van der Waals surface area contributed by atoms with Crippen molar-refractivity contribution < 1.29 is 24.2 Å². The molecular weight excluding hydrogens is 634 g/mol. The van der Waals surface area contributed by atoms with Gasteiger partial charge < -0.3 is 24.5 Å². The first-order valence-corrected chi connectivity index (χ1v) is 15.8. The van der Waals surface area contributed by atoms with Gasteiger partial charge in [0, 0.05) is 23.6 Å². The average molecular weight is 671 g/mol. The Hall–Kier alpha value is -2.98. The molecule has 3 fully saturated rings. The lowest BCUT2D eigenvalue weighted by Crippen LogP contribution is -2.60. The molecule has 0 radical (unpaired) electrons. The molecule has 3 saturated heterocycles. The number of nitrogens with zero attached hydrogens (tertiary/aromatic N) is 3. The van der Waals surface area contributed by atoms with E-state index in [1.807, 2.05) is 44.2 Å². The molecule has 1 spiro atoms. The van der Waals surface area contributed by atoms with Gasteiger partial charge in [0.05, 0.1) is 41.3 Å². The molecule has 3 aliphatic heterocycles. The van der Waals surface area contributed by atoms with Crippen LogP contribution >= 0.6 is 27.5 Å². The first kappa shape index (κ1) is 31.4. The Kier molecular flexibility index (Phi) is 9.18. The largest absolute Gasteiger partial charge is 0.394 e. The highest BCUT2D eigenvalue weighted by atomic mass is 79.9. The van der Waals surface area contributed by atoms with Crippen LogP contribution in [0.2, 0.25) is 5.02 Å². The molecule has 2 bridgehead atoms. The van der Waals surface area contributed by atoms with Gasteiger partial charge in [0.2, 0.25) is 11.8 Å². The number of hydrogen-bond donors (Lipinski definition) is 1. The minimum atomic E-state index is -1.30. The third kappa shape index (κ3) is 5.14. The molecule has 0 saturated carbocycles. The van der Waals surface area contributed by atoms with E-state index in [0.29, 0.717) is 22.8 Å². The fourth-order valence-electron chi connectivity index (χ4n) is 7.10. The van der Waals surface area contributed by atoms with E-state index >= 15 is 0 Å². The van der Waals surface area contributed by atoms with Crippen LogP contribution in [0.5, 0.6) is 0 Å². The monoisotopic (exact) mass is 669 g/mol. The topological polar surface area (TPSA) is 90.4 Å². The zero-order valence-corrected chi connectivity index (χ0v) is 26.7. The zero-order chi connectivity index (χ0) is 31.1. The fraction of sp³-hybridized carbons (Fsp3) is 0.424. The molecule has 8 nitrogen and oxygen atoms in total. The van der Waals surface area contributed by atoms with E-state index in [1.54, 1.807) is 41.3 Å². The van der Waals surface area contributed by atoms with E-state index in [9.17, 15) is 19.5 Å². The van der Waals surface area contributed by atoms with Crippen molar-refractivity contribution in [3.05, 3.63) is 84.9 Å². The van der Waals surface area contributed by atoms with Crippen molar-refractivity contribution >= 4 is 56.6 Å². The Morgan fingerprint density at radius 2 is 1.72 bits per heavy atom. The van der Waals surface area contributed by atoms with E-state index in [4.69, 9.17) is 16.3 Å². The van der Waals surface area contributed by atoms with Crippen LogP contribution in [0, 0.1) is 17.8 Å². The number of amides is 3. The Balaban J connectivity index is 1.65. The van der Waals surface area contributed by atoms with Gasteiger partial charge in [-0.2, -0.15) is 0 Å². The highest BCUT2D eigenvalue weighted by Crippen LogP contribution is 2.61. The van der Waals surface area contributed by atoms with Gasteiger partial charge in [0.1, 0.15) is 11.6 Å². The number of ether oxygens (including phenoxy) is 1. The summed E-state index contributed by atoms with van der Waals surface area (Å²) in [5, 5.41) is 10.9. The number of likely N-dealkylation sites (tertiary alicyclic amines) is 1. The van der Waals surface area contributed by atoms with Crippen LogP contribution in [0.4, 0.5) is 11.4 Å². The lowest BCUT2D eigenvalue weighted by molar-refractivity contribution is -0.145.